The van der Waals surface area contributed by atoms with Gasteiger partial charge in [0.15, 0.2) is 5.75 Å². The third kappa shape index (κ3) is 5.09. The fraction of sp³-hybridized carbons (Fsp3) is 0.161. The number of rotatable bonds is 8. The number of pyridine rings is 1. The molecule has 0 aliphatic carbocycles. The summed E-state index contributed by atoms with van der Waals surface area (Å²) in [6.07, 6.45) is 1.45. The Bertz CT molecular complexity index is 1550. The molecule has 0 bridgehead atoms. The lowest BCUT2D eigenvalue weighted by molar-refractivity contribution is -0.0587. The largest absolute Gasteiger partial charge is 0.505 e. The number of fused-ring (bicyclic) bond motifs is 1. The standard InChI is InChI=1S/C31H26N2O6/c1-3-10-25-28(34)27(31(37)39-33-29(35)23-15-7-8-16-24(23)30(33)36)19(2)26(32-25)18-20-11-9-14-22(17-20)38-21-12-5-4-6-13-21/h4-9,11-17,34H,3,10,18H2,1-2H3. The van der Waals surface area contributed by atoms with E-state index >= 15 is 0 Å². The molecule has 8 nitrogen and oxygen atoms in total. The zero-order chi connectivity index (χ0) is 27.5. The van der Waals surface area contributed by atoms with Gasteiger partial charge < -0.3 is 14.7 Å². The third-order valence-corrected chi connectivity index (χ3v) is 6.46. The van der Waals surface area contributed by atoms with Crippen LogP contribution in [0.15, 0.2) is 78.9 Å². The molecule has 2 amide bonds. The molecular formula is C31H26N2O6. The van der Waals surface area contributed by atoms with Crippen LogP contribution in [0.5, 0.6) is 17.2 Å². The minimum absolute atomic E-state index is 0.128. The summed E-state index contributed by atoms with van der Waals surface area (Å²) in [5.74, 6) is -1.45. The van der Waals surface area contributed by atoms with Crippen LogP contribution in [0.1, 0.15) is 66.9 Å². The van der Waals surface area contributed by atoms with E-state index in [1.807, 2.05) is 61.5 Å². The van der Waals surface area contributed by atoms with Gasteiger partial charge in [0.1, 0.15) is 17.1 Å². The van der Waals surface area contributed by atoms with Gasteiger partial charge in [-0.05, 0) is 60.9 Å². The molecule has 39 heavy (non-hydrogen) atoms. The van der Waals surface area contributed by atoms with Crippen LogP contribution in [0.2, 0.25) is 0 Å². The predicted octanol–water partition coefficient (Wildman–Crippen LogP) is 5.80. The Labute approximate surface area is 225 Å². The van der Waals surface area contributed by atoms with Crippen LogP contribution in [0.3, 0.4) is 0 Å². The Kier molecular flexibility index (Phi) is 7.10. The summed E-state index contributed by atoms with van der Waals surface area (Å²) in [5, 5.41) is 11.4. The smallest absolute Gasteiger partial charge is 0.368 e. The van der Waals surface area contributed by atoms with Gasteiger partial charge in [-0.1, -0.05) is 60.9 Å². The van der Waals surface area contributed by atoms with Crippen molar-refractivity contribution in [1.29, 1.82) is 0 Å². The summed E-state index contributed by atoms with van der Waals surface area (Å²) in [4.78, 5) is 48.7. The van der Waals surface area contributed by atoms with Crippen LogP contribution < -0.4 is 4.74 Å². The highest BCUT2D eigenvalue weighted by atomic mass is 16.7. The molecule has 0 radical (unpaired) electrons. The second kappa shape index (κ2) is 10.8. The first-order valence-corrected chi connectivity index (χ1v) is 12.6. The normalized spacial score (nSPS) is 12.4. The van der Waals surface area contributed by atoms with Gasteiger partial charge in [0.05, 0.1) is 16.8 Å². The maximum Gasteiger partial charge on any atom is 0.368 e. The van der Waals surface area contributed by atoms with Gasteiger partial charge >= 0.3 is 5.97 Å². The average Bonchev–Trinajstić information content (AvgIpc) is 3.17. The van der Waals surface area contributed by atoms with Gasteiger partial charge in [0.2, 0.25) is 0 Å². The second-order valence-corrected chi connectivity index (χ2v) is 9.17. The van der Waals surface area contributed by atoms with Gasteiger partial charge in [-0.25, -0.2) is 4.79 Å². The number of aryl methyl sites for hydroxylation is 1. The van der Waals surface area contributed by atoms with E-state index < -0.39 is 17.8 Å². The van der Waals surface area contributed by atoms with Gasteiger partial charge in [0, 0.05) is 12.1 Å². The van der Waals surface area contributed by atoms with Crippen molar-refractivity contribution in [2.24, 2.45) is 0 Å². The van der Waals surface area contributed by atoms with E-state index in [1.165, 1.54) is 12.1 Å². The van der Waals surface area contributed by atoms with E-state index in [0.29, 0.717) is 52.8 Å². The number of aromatic nitrogens is 1. The maximum absolute atomic E-state index is 13.3. The molecule has 0 atom stereocenters. The van der Waals surface area contributed by atoms with E-state index in [4.69, 9.17) is 9.57 Å². The molecule has 1 aromatic heterocycles. The molecular weight excluding hydrogens is 496 g/mol. The molecule has 0 saturated carbocycles. The number of amides is 2. The maximum atomic E-state index is 13.3. The third-order valence-electron chi connectivity index (χ3n) is 6.46. The lowest BCUT2D eigenvalue weighted by Gasteiger charge is -2.18. The number of nitrogens with zero attached hydrogens (tertiary/aromatic N) is 2. The molecule has 5 rings (SSSR count). The number of carbonyl (C=O) groups is 3. The van der Waals surface area contributed by atoms with E-state index in [2.05, 4.69) is 4.98 Å². The SMILES string of the molecule is CCCc1nc(Cc2cccc(Oc3ccccc3)c2)c(C)c(C(=O)ON2C(=O)c3ccccc3C2=O)c1O. The van der Waals surface area contributed by atoms with Crippen LogP contribution in [-0.2, 0) is 17.7 Å². The molecule has 1 aliphatic heterocycles. The number of hydroxylamine groups is 2. The van der Waals surface area contributed by atoms with Crippen LogP contribution in [0, 0.1) is 6.92 Å². The number of ether oxygens (including phenoxy) is 1. The molecule has 0 fully saturated rings. The van der Waals surface area contributed by atoms with Crippen molar-refractivity contribution in [3.8, 4) is 17.2 Å². The number of hydrogen-bond acceptors (Lipinski definition) is 7. The lowest BCUT2D eigenvalue weighted by atomic mass is 9.99. The number of aromatic hydroxyl groups is 1. The van der Waals surface area contributed by atoms with Gasteiger partial charge in [-0.3, -0.25) is 14.6 Å². The Morgan fingerprint density at radius 1 is 0.872 bits per heavy atom. The highest BCUT2D eigenvalue weighted by molar-refractivity contribution is 6.21. The topological polar surface area (TPSA) is 106 Å². The summed E-state index contributed by atoms with van der Waals surface area (Å²) in [6.45, 7) is 3.59. The first-order chi connectivity index (χ1) is 18.9. The van der Waals surface area contributed by atoms with Crippen LogP contribution in [0.4, 0.5) is 0 Å². The Morgan fingerprint density at radius 2 is 1.51 bits per heavy atom. The van der Waals surface area contributed by atoms with Gasteiger partial charge in [0.25, 0.3) is 11.8 Å². The van der Waals surface area contributed by atoms with Crippen molar-refractivity contribution in [1.82, 2.24) is 10.0 Å². The Balaban J connectivity index is 1.44. The lowest BCUT2D eigenvalue weighted by Crippen LogP contribution is -2.33. The number of benzene rings is 3. The number of imide groups is 1. The van der Waals surface area contributed by atoms with Crippen LogP contribution in [0.25, 0.3) is 0 Å². The molecule has 8 heteroatoms. The van der Waals surface area contributed by atoms with Gasteiger partial charge in [-0.15, -0.1) is 0 Å². The van der Waals surface area contributed by atoms with E-state index in [0.717, 1.165) is 5.56 Å². The molecule has 3 aromatic carbocycles. The highest BCUT2D eigenvalue weighted by Gasteiger charge is 2.39. The predicted molar refractivity (Wildman–Crippen MR) is 143 cm³/mol. The van der Waals surface area contributed by atoms with Gasteiger partial charge in [-0.2, -0.15) is 0 Å². The van der Waals surface area contributed by atoms with Crippen LogP contribution in [-0.4, -0.2) is 32.9 Å². The minimum Gasteiger partial charge on any atom is -0.505 e. The number of para-hydroxylation sites is 1. The summed E-state index contributed by atoms with van der Waals surface area (Å²) in [7, 11) is 0. The zero-order valence-corrected chi connectivity index (χ0v) is 21.5. The average molecular weight is 523 g/mol. The Hall–Kier alpha value is -4.98. The van der Waals surface area contributed by atoms with Crippen molar-refractivity contribution in [3.63, 3.8) is 0 Å². The molecule has 4 aromatic rings. The fourth-order valence-electron chi connectivity index (χ4n) is 4.51. The second-order valence-electron chi connectivity index (χ2n) is 9.17. The van der Waals surface area contributed by atoms with Crippen molar-refractivity contribution in [2.75, 3.05) is 0 Å². The van der Waals surface area contributed by atoms with Crippen molar-refractivity contribution >= 4 is 17.8 Å². The van der Waals surface area contributed by atoms with E-state index in [-0.39, 0.29) is 22.4 Å². The minimum atomic E-state index is -1.01. The summed E-state index contributed by atoms with van der Waals surface area (Å²) < 4.78 is 5.95. The molecule has 196 valence electrons. The molecule has 0 unspecified atom stereocenters. The summed E-state index contributed by atoms with van der Waals surface area (Å²) >= 11 is 0. The fourth-order valence-corrected chi connectivity index (χ4v) is 4.51. The molecule has 1 aliphatic rings. The number of carbonyl (C=O) groups excluding carboxylic acids is 3. The monoisotopic (exact) mass is 522 g/mol. The molecule has 1 N–H and O–H groups in total. The van der Waals surface area contributed by atoms with E-state index in [1.54, 1.807) is 19.1 Å². The quantitative estimate of drug-likeness (QED) is 0.292. The first kappa shape index (κ1) is 25.7. The Morgan fingerprint density at radius 3 is 2.18 bits per heavy atom. The zero-order valence-electron chi connectivity index (χ0n) is 21.5. The van der Waals surface area contributed by atoms with E-state index in [9.17, 15) is 19.5 Å². The van der Waals surface area contributed by atoms with Crippen molar-refractivity contribution < 1.29 is 29.1 Å². The van der Waals surface area contributed by atoms with Crippen molar-refractivity contribution in [3.05, 3.63) is 118 Å². The van der Waals surface area contributed by atoms with Crippen molar-refractivity contribution in [2.45, 2.75) is 33.1 Å². The van der Waals surface area contributed by atoms with Crippen LogP contribution >= 0.6 is 0 Å². The molecule has 2 heterocycles. The molecule has 0 saturated heterocycles. The number of hydrogen-bond donors (Lipinski definition) is 1. The summed E-state index contributed by atoms with van der Waals surface area (Å²) in [5.41, 5.74) is 2.34. The first-order valence-electron chi connectivity index (χ1n) is 12.6. The molecule has 0 spiro atoms. The summed E-state index contributed by atoms with van der Waals surface area (Å²) in [6, 6.07) is 23.2. The highest BCUT2D eigenvalue weighted by Crippen LogP contribution is 2.32.